The van der Waals surface area contributed by atoms with E-state index in [-0.39, 0.29) is 53.1 Å². The zero-order chi connectivity index (χ0) is 23.0. The van der Waals surface area contributed by atoms with E-state index >= 15 is 0 Å². The number of unbranched alkanes of at least 4 members (excludes halogenated alkanes) is 2. The number of rotatable bonds is 12. The second-order valence-corrected chi connectivity index (χ2v) is 8.47. The molecule has 0 aliphatic carbocycles. The van der Waals surface area contributed by atoms with Gasteiger partial charge in [-0.3, -0.25) is 0 Å². The van der Waals surface area contributed by atoms with Crippen molar-refractivity contribution in [2.24, 2.45) is 0 Å². The minimum absolute atomic E-state index is 0. The largest absolute Gasteiger partial charge is 1.00 e. The van der Waals surface area contributed by atoms with Crippen molar-refractivity contribution in [3.8, 4) is 17.2 Å². The van der Waals surface area contributed by atoms with E-state index in [0.29, 0.717) is 18.1 Å². The number of halogens is 1. The van der Waals surface area contributed by atoms with Crippen molar-refractivity contribution in [3.05, 3.63) is 59.2 Å². The third-order valence-electron chi connectivity index (χ3n) is 5.48. The van der Waals surface area contributed by atoms with Crippen LogP contribution in [0, 0.1) is 5.82 Å². The second kappa shape index (κ2) is 12.9. The Labute approximate surface area is 216 Å². The third-order valence-corrected chi connectivity index (χ3v) is 5.48. The molecule has 0 unspecified atom stereocenters. The van der Waals surface area contributed by atoms with E-state index < -0.39 is 0 Å². The number of hydrogen-bond donors (Lipinski definition) is 2. The summed E-state index contributed by atoms with van der Waals surface area (Å²) in [6.07, 6.45) is 4.69. The summed E-state index contributed by atoms with van der Waals surface area (Å²) < 4.78 is 24.7. The van der Waals surface area contributed by atoms with Crippen molar-refractivity contribution < 1.29 is 48.5 Å². The molecule has 0 radical (unpaired) electrons. The van der Waals surface area contributed by atoms with E-state index in [9.17, 15) is 9.50 Å². The maximum Gasteiger partial charge on any atom is 1.00 e. The molecule has 7 nitrogen and oxygen atoms in total. The summed E-state index contributed by atoms with van der Waals surface area (Å²) >= 11 is 0. The van der Waals surface area contributed by atoms with Gasteiger partial charge in [-0.1, -0.05) is 51.0 Å². The zero-order valence-electron chi connectivity index (χ0n) is 19.9. The van der Waals surface area contributed by atoms with Crippen LogP contribution >= 0.6 is 0 Å². The average Bonchev–Trinajstić information content (AvgIpc) is 3.33. The molecule has 33 heavy (non-hydrogen) atoms. The standard InChI is InChI=1S/C24H31FN4O3.Na/c1-4-18-14-22(32-16-17-8-10-19(25)11-9-17)20(30)15-21(18)31-13-7-5-6-12-24(2,3)23-26-28-29-27-23;/h8-11,14-15,30H,4-7,12-13,16H2,1-3H3,(H,26,27,28,29);/q;+1. The van der Waals surface area contributed by atoms with E-state index in [4.69, 9.17) is 9.47 Å². The maximum atomic E-state index is 13.0. The van der Waals surface area contributed by atoms with Crippen LogP contribution in [0.25, 0.3) is 0 Å². The first-order valence-corrected chi connectivity index (χ1v) is 11.0. The summed E-state index contributed by atoms with van der Waals surface area (Å²) in [4.78, 5) is 0. The van der Waals surface area contributed by atoms with Crippen LogP contribution in [0.3, 0.4) is 0 Å². The van der Waals surface area contributed by atoms with Gasteiger partial charge in [0.05, 0.1) is 6.61 Å². The maximum absolute atomic E-state index is 13.0. The van der Waals surface area contributed by atoms with Crippen LogP contribution < -0.4 is 39.0 Å². The van der Waals surface area contributed by atoms with Gasteiger partial charge in [-0.25, -0.2) is 4.39 Å². The van der Waals surface area contributed by atoms with Crippen LogP contribution in [0.1, 0.15) is 63.4 Å². The van der Waals surface area contributed by atoms with Crippen molar-refractivity contribution in [1.29, 1.82) is 0 Å². The van der Waals surface area contributed by atoms with Crippen LogP contribution in [0.4, 0.5) is 4.39 Å². The molecule has 0 saturated carbocycles. The molecule has 0 aliphatic heterocycles. The topological polar surface area (TPSA) is 93.1 Å². The number of phenols is 1. The van der Waals surface area contributed by atoms with E-state index in [1.807, 2.05) is 13.0 Å². The van der Waals surface area contributed by atoms with Crippen LogP contribution in [0.5, 0.6) is 17.2 Å². The number of phenolic OH excluding ortho intramolecular Hbond substituents is 1. The summed E-state index contributed by atoms with van der Waals surface area (Å²) in [7, 11) is 0. The minimum Gasteiger partial charge on any atom is -0.504 e. The first-order valence-electron chi connectivity index (χ1n) is 11.0. The average molecular weight is 466 g/mol. The van der Waals surface area contributed by atoms with Gasteiger partial charge in [0, 0.05) is 11.5 Å². The van der Waals surface area contributed by atoms with Gasteiger partial charge in [0.1, 0.15) is 18.2 Å². The van der Waals surface area contributed by atoms with Gasteiger partial charge in [0.15, 0.2) is 17.3 Å². The molecule has 2 aromatic carbocycles. The molecule has 9 heteroatoms. The Bertz CT molecular complexity index is 982. The van der Waals surface area contributed by atoms with Crippen molar-refractivity contribution in [3.63, 3.8) is 0 Å². The predicted molar refractivity (Wildman–Crippen MR) is 119 cm³/mol. The quantitative estimate of drug-likeness (QED) is 0.314. The van der Waals surface area contributed by atoms with E-state index in [0.717, 1.165) is 49.1 Å². The normalized spacial score (nSPS) is 11.2. The number of H-pyrrole nitrogens is 1. The van der Waals surface area contributed by atoms with Crippen molar-refractivity contribution >= 4 is 0 Å². The van der Waals surface area contributed by atoms with E-state index in [1.165, 1.54) is 12.1 Å². The number of nitrogens with zero attached hydrogens (tertiary/aromatic N) is 3. The Morgan fingerprint density at radius 2 is 1.79 bits per heavy atom. The number of aromatic hydroxyl groups is 1. The first kappa shape index (κ1) is 27.1. The molecule has 0 atom stereocenters. The molecule has 172 valence electrons. The summed E-state index contributed by atoms with van der Waals surface area (Å²) in [5.41, 5.74) is 1.68. The predicted octanol–water partition coefficient (Wildman–Crippen LogP) is 2.11. The molecule has 0 aliphatic rings. The van der Waals surface area contributed by atoms with Gasteiger partial charge in [-0.2, -0.15) is 5.21 Å². The summed E-state index contributed by atoms with van der Waals surface area (Å²) in [6, 6.07) is 9.51. The number of ether oxygens (including phenoxy) is 2. The fraction of sp³-hybridized carbons (Fsp3) is 0.458. The molecule has 0 fully saturated rings. The fourth-order valence-corrected chi connectivity index (χ4v) is 3.45. The van der Waals surface area contributed by atoms with Crippen LogP contribution in [-0.4, -0.2) is 32.3 Å². The van der Waals surface area contributed by atoms with Crippen molar-refractivity contribution in [1.82, 2.24) is 20.6 Å². The van der Waals surface area contributed by atoms with Gasteiger partial charge in [0.2, 0.25) is 0 Å². The number of aromatic amines is 1. The fourth-order valence-electron chi connectivity index (χ4n) is 3.45. The Hall–Kier alpha value is -2.16. The SMILES string of the molecule is CCc1cc(OCc2ccc(F)cc2)c(O)cc1OCCCCCC(C)(C)c1nn[nH]n1.[Na+]. The molecule has 3 rings (SSSR count). The van der Waals surface area contributed by atoms with Gasteiger partial charge >= 0.3 is 29.6 Å². The third kappa shape index (κ3) is 7.98. The number of aryl methyl sites for hydroxylation is 1. The second-order valence-electron chi connectivity index (χ2n) is 8.47. The molecule has 2 N–H and O–H groups in total. The molecule has 0 bridgehead atoms. The Morgan fingerprint density at radius 1 is 1.03 bits per heavy atom. The smallest absolute Gasteiger partial charge is 0.504 e. The molecule has 3 aromatic rings. The number of hydrogen-bond acceptors (Lipinski definition) is 6. The van der Waals surface area contributed by atoms with E-state index in [2.05, 4.69) is 34.5 Å². The van der Waals surface area contributed by atoms with Crippen molar-refractivity contribution in [2.45, 2.75) is 64.9 Å². The number of nitrogens with one attached hydrogen (secondary N) is 1. The van der Waals surface area contributed by atoms with Crippen LogP contribution in [-0.2, 0) is 18.4 Å². The molecule has 1 heterocycles. The van der Waals surface area contributed by atoms with Gasteiger partial charge in [0.25, 0.3) is 0 Å². The van der Waals surface area contributed by atoms with Crippen molar-refractivity contribution in [2.75, 3.05) is 6.61 Å². The first-order chi connectivity index (χ1) is 15.4. The number of tetrazole rings is 1. The molecule has 1 aromatic heterocycles. The molecular weight excluding hydrogens is 434 g/mol. The minimum atomic E-state index is -0.290. The van der Waals surface area contributed by atoms with Gasteiger partial charge in [-0.15, -0.1) is 10.2 Å². The Balaban J connectivity index is 0.00000385. The molecular formula is C24H31FN4NaO3+. The monoisotopic (exact) mass is 465 g/mol. The van der Waals surface area contributed by atoms with Crippen LogP contribution in [0.15, 0.2) is 36.4 Å². The number of benzene rings is 2. The molecule has 0 spiro atoms. The van der Waals surface area contributed by atoms with Gasteiger partial charge in [-0.05, 0) is 48.6 Å². The Kier molecular flexibility index (Phi) is 10.6. The summed E-state index contributed by atoms with van der Waals surface area (Å²) in [5, 5.41) is 24.7. The van der Waals surface area contributed by atoms with Gasteiger partial charge < -0.3 is 14.6 Å². The van der Waals surface area contributed by atoms with Crippen LogP contribution in [0.2, 0.25) is 0 Å². The Morgan fingerprint density at radius 3 is 2.45 bits per heavy atom. The number of aromatic nitrogens is 4. The molecule has 0 saturated heterocycles. The zero-order valence-corrected chi connectivity index (χ0v) is 21.9. The summed E-state index contributed by atoms with van der Waals surface area (Å²) in [6.45, 7) is 7.08. The van der Waals surface area contributed by atoms with E-state index in [1.54, 1.807) is 18.2 Å². The molecule has 0 amide bonds. The summed E-state index contributed by atoms with van der Waals surface area (Å²) in [5.74, 6) is 1.54.